The van der Waals surface area contributed by atoms with Gasteiger partial charge in [-0.1, -0.05) is 43.7 Å². The molecule has 1 atom stereocenters. The summed E-state index contributed by atoms with van der Waals surface area (Å²) in [6.07, 6.45) is 8.75. The van der Waals surface area contributed by atoms with Crippen LogP contribution >= 0.6 is 0 Å². The summed E-state index contributed by atoms with van der Waals surface area (Å²) >= 11 is 0. The van der Waals surface area contributed by atoms with Gasteiger partial charge in [0.1, 0.15) is 11.8 Å². The van der Waals surface area contributed by atoms with E-state index in [9.17, 15) is 4.79 Å². The molecule has 1 aliphatic carbocycles. The lowest BCUT2D eigenvalue weighted by molar-refractivity contribution is -0.122. The van der Waals surface area contributed by atoms with Crippen molar-refractivity contribution in [1.29, 1.82) is 0 Å². The van der Waals surface area contributed by atoms with E-state index in [1.807, 2.05) is 0 Å². The second-order valence-electron chi connectivity index (χ2n) is 4.65. The summed E-state index contributed by atoms with van der Waals surface area (Å²) in [5.74, 6) is -0.143. The van der Waals surface area contributed by atoms with Gasteiger partial charge >= 0.3 is 0 Å². The fourth-order valence-corrected chi connectivity index (χ4v) is 2.27. The van der Waals surface area contributed by atoms with E-state index in [0.29, 0.717) is 6.42 Å². The summed E-state index contributed by atoms with van der Waals surface area (Å²) in [5.41, 5.74) is 0.275. The Hall–Kier alpha value is -0.900. The number of ether oxygens (including phenoxy) is 1. The first-order valence-corrected chi connectivity index (χ1v) is 6.57. The Kier molecular flexibility index (Phi) is 6.86. The lowest BCUT2D eigenvalue weighted by Crippen LogP contribution is -2.30. The van der Waals surface area contributed by atoms with E-state index >= 15 is 0 Å². The maximum absolute atomic E-state index is 12.0. The molecule has 0 saturated heterocycles. The Morgan fingerprint density at radius 3 is 2.29 bits per heavy atom. The summed E-state index contributed by atoms with van der Waals surface area (Å²) in [6, 6.07) is 0. The van der Waals surface area contributed by atoms with Crippen molar-refractivity contribution in [2.45, 2.75) is 63.9 Å². The molecule has 0 heterocycles. The van der Waals surface area contributed by atoms with E-state index in [4.69, 9.17) is 9.94 Å². The van der Waals surface area contributed by atoms with Crippen LogP contribution in [0.3, 0.4) is 0 Å². The highest BCUT2D eigenvalue weighted by atomic mass is 16.5. The molecule has 0 radical (unpaired) electrons. The predicted molar refractivity (Wildman–Crippen MR) is 66.6 cm³/mol. The van der Waals surface area contributed by atoms with Crippen molar-refractivity contribution in [3.05, 3.63) is 0 Å². The summed E-state index contributed by atoms with van der Waals surface area (Å²) in [5, 5.41) is 12.0. The van der Waals surface area contributed by atoms with Gasteiger partial charge in [-0.15, -0.1) is 0 Å². The molecule has 1 fully saturated rings. The van der Waals surface area contributed by atoms with Gasteiger partial charge in [-0.25, -0.2) is 0 Å². The molecule has 0 amide bonds. The maximum Gasteiger partial charge on any atom is 0.209 e. The molecule has 0 bridgehead atoms. The number of hydrogen-bond donors (Lipinski definition) is 1. The number of nitrogens with zero attached hydrogens (tertiary/aromatic N) is 1. The van der Waals surface area contributed by atoms with Gasteiger partial charge in [-0.3, -0.25) is 4.79 Å². The Balaban J connectivity index is 2.62. The van der Waals surface area contributed by atoms with Gasteiger partial charge in [0, 0.05) is 7.11 Å². The van der Waals surface area contributed by atoms with Gasteiger partial charge in [-0.2, -0.15) is 0 Å². The van der Waals surface area contributed by atoms with Crippen LogP contribution in [0.5, 0.6) is 0 Å². The van der Waals surface area contributed by atoms with Crippen LogP contribution in [0.1, 0.15) is 57.8 Å². The van der Waals surface area contributed by atoms with Gasteiger partial charge in [0.2, 0.25) is 5.78 Å². The van der Waals surface area contributed by atoms with Crippen LogP contribution in [0, 0.1) is 0 Å². The number of methoxy groups -OCH3 is 1. The van der Waals surface area contributed by atoms with Crippen LogP contribution < -0.4 is 0 Å². The van der Waals surface area contributed by atoms with E-state index < -0.39 is 6.10 Å². The van der Waals surface area contributed by atoms with Gasteiger partial charge < -0.3 is 9.94 Å². The molecule has 98 valence electrons. The van der Waals surface area contributed by atoms with Crippen LogP contribution in [0.2, 0.25) is 0 Å². The van der Waals surface area contributed by atoms with Crippen molar-refractivity contribution in [1.82, 2.24) is 0 Å². The Morgan fingerprint density at radius 2 is 1.71 bits per heavy atom. The number of Topliss-reactive ketones (excluding diaryl/α,β-unsaturated/α-hetero) is 1. The van der Waals surface area contributed by atoms with Crippen molar-refractivity contribution >= 4 is 11.5 Å². The van der Waals surface area contributed by atoms with Crippen molar-refractivity contribution in [2.24, 2.45) is 5.16 Å². The average Bonchev–Trinajstić information content (AvgIpc) is 2.34. The first kappa shape index (κ1) is 14.2. The van der Waals surface area contributed by atoms with E-state index in [1.54, 1.807) is 7.11 Å². The van der Waals surface area contributed by atoms with Gasteiger partial charge in [0.15, 0.2) is 0 Å². The highest BCUT2D eigenvalue weighted by molar-refractivity contribution is 6.41. The second kappa shape index (κ2) is 8.23. The number of rotatable bonds is 1. The Bertz CT molecular complexity index is 263. The van der Waals surface area contributed by atoms with Crippen molar-refractivity contribution < 1.29 is 14.7 Å². The van der Waals surface area contributed by atoms with E-state index in [1.165, 1.54) is 19.3 Å². The third-order valence-corrected chi connectivity index (χ3v) is 3.36. The van der Waals surface area contributed by atoms with Crippen molar-refractivity contribution in [2.75, 3.05) is 7.11 Å². The molecule has 17 heavy (non-hydrogen) atoms. The third kappa shape index (κ3) is 4.86. The van der Waals surface area contributed by atoms with E-state index in [0.717, 1.165) is 32.1 Å². The molecule has 0 aromatic carbocycles. The van der Waals surface area contributed by atoms with Gasteiger partial charge in [-0.05, 0) is 19.3 Å². The van der Waals surface area contributed by atoms with Crippen molar-refractivity contribution in [3.63, 3.8) is 0 Å². The normalized spacial score (nSPS) is 27.5. The number of ketones is 1. The van der Waals surface area contributed by atoms with Crippen LogP contribution in [0.25, 0.3) is 0 Å². The highest BCUT2D eigenvalue weighted by Gasteiger charge is 2.23. The zero-order valence-electron chi connectivity index (χ0n) is 10.7. The fraction of sp³-hybridized carbons (Fsp3) is 0.846. The molecule has 1 saturated carbocycles. The zero-order chi connectivity index (χ0) is 12.5. The van der Waals surface area contributed by atoms with Crippen LogP contribution in [-0.2, 0) is 9.53 Å². The number of carbonyl (C=O) groups excluding carboxylic acids is 1. The van der Waals surface area contributed by atoms with Gasteiger partial charge in [0.25, 0.3) is 0 Å². The molecule has 1 unspecified atom stereocenters. The first-order valence-electron chi connectivity index (χ1n) is 6.57. The summed E-state index contributed by atoms with van der Waals surface area (Å²) in [7, 11) is 1.55. The monoisotopic (exact) mass is 241 g/mol. The van der Waals surface area contributed by atoms with E-state index in [2.05, 4.69) is 5.16 Å². The van der Waals surface area contributed by atoms with Crippen LogP contribution in [-0.4, -0.2) is 29.9 Å². The van der Waals surface area contributed by atoms with Crippen LogP contribution in [0.15, 0.2) is 5.16 Å². The molecule has 0 spiro atoms. The molecule has 1 N–H and O–H groups in total. The maximum atomic E-state index is 12.0. The topological polar surface area (TPSA) is 58.9 Å². The molecule has 4 heteroatoms. The van der Waals surface area contributed by atoms with Crippen LogP contribution in [0.4, 0.5) is 0 Å². The Labute approximate surface area is 103 Å². The molecule has 0 aromatic rings. The average molecular weight is 241 g/mol. The van der Waals surface area contributed by atoms with Crippen molar-refractivity contribution in [3.8, 4) is 0 Å². The summed E-state index contributed by atoms with van der Waals surface area (Å²) in [4.78, 5) is 12.0. The molecule has 1 aliphatic rings. The molecular formula is C13H23NO3. The smallest absolute Gasteiger partial charge is 0.209 e. The number of hydrogen-bond acceptors (Lipinski definition) is 4. The summed E-state index contributed by atoms with van der Waals surface area (Å²) < 4.78 is 5.20. The minimum atomic E-state index is -0.430. The third-order valence-electron chi connectivity index (χ3n) is 3.36. The molecule has 0 aromatic heterocycles. The Morgan fingerprint density at radius 1 is 1.12 bits per heavy atom. The zero-order valence-corrected chi connectivity index (χ0v) is 10.7. The number of carbonyl (C=O) groups is 1. The number of oxime groups is 1. The standard InChI is InChI=1S/C13H23NO3/c1-17-12-10-8-6-4-2-3-5-7-9-11(14-16)13(12)15/h12,16H,2-10H2,1H3. The fourth-order valence-electron chi connectivity index (χ4n) is 2.27. The second-order valence-corrected chi connectivity index (χ2v) is 4.65. The highest BCUT2D eigenvalue weighted by Crippen LogP contribution is 2.15. The summed E-state index contributed by atoms with van der Waals surface area (Å²) in [6.45, 7) is 0. The minimum Gasteiger partial charge on any atom is -0.411 e. The molecular weight excluding hydrogens is 218 g/mol. The molecule has 4 nitrogen and oxygen atoms in total. The van der Waals surface area contributed by atoms with E-state index in [-0.39, 0.29) is 11.5 Å². The van der Waals surface area contributed by atoms with Gasteiger partial charge in [0.05, 0.1) is 0 Å². The minimum absolute atomic E-state index is 0.143. The quantitative estimate of drug-likeness (QED) is 0.567. The molecule has 0 aliphatic heterocycles. The first-order chi connectivity index (χ1) is 8.29. The lowest BCUT2D eigenvalue weighted by atomic mass is 9.97. The predicted octanol–water partition coefficient (Wildman–Crippen LogP) is 2.93. The molecule has 1 rings (SSSR count). The SMILES string of the molecule is COC1CCCCCCCCCC(=NO)C1=O. The largest absolute Gasteiger partial charge is 0.411 e. The lowest BCUT2D eigenvalue weighted by Gasteiger charge is -2.15.